The van der Waals surface area contributed by atoms with Gasteiger partial charge in [0, 0.05) is 37.1 Å². The second-order valence-electron chi connectivity index (χ2n) is 5.62. The summed E-state index contributed by atoms with van der Waals surface area (Å²) in [6, 6.07) is 7.30. The van der Waals surface area contributed by atoms with Crippen molar-refractivity contribution in [3.63, 3.8) is 0 Å². The second-order valence-corrected chi connectivity index (χ2v) is 5.62. The van der Waals surface area contributed by atoms with Gasteiger partial charge in [-0.15, -0.1) is 0 Å². The zero-order valence-corrected chi connectivity index (χ0v) is 13.4. The monoisotopic (exact) mass is 330 g/mol. The van der Waals surface area contributed by atoms with E-state index in [9.17, 15) is 20.2 Å². The van der Waals surface area contributed by atoms with Crippen molar-refractivity contribution in [1.82, 2.24) is 4.90 Å². The number of hydrogen-bond donors (Lipinski definition) is 1. The normalized spacial score (nSPS) is 21.0. The fourth-order valence-corrected chi connectivity index (χ4v) is 2.51. The van der Waals surface area contributed by atoms with Crippen molar-refractivity contribution in [2.45, 2.75) is 26.1 Å². The Hall–Kier alpha value is -2.92. The molecule has 1 fully saturated rings. The molecule has 1 aromatic rings. The van der Waals surface area contributed by atoms with E-state index >= 15 is 0 Å². The fraction of sp³-hybridized carbons (Fsp3) is 0.375. The number of rotatable bonds is 4. The van der Waals surface area contributed by atoms with Crippen molar-refractivity contribution >= 4 is 17.3 Å². The molecule has 1 N–H and O–H groups in total. The van der Waals surface area contributed by atoms with Crippen LogP contribution in [0.25, 0.3) is 0 Å². The van der Waals surface area contributed by atoms with E-state index in [0.29, 0.717) is 18.8 Å². The van der Waals surface area contributed by atoms with Crippen LogP contribution in [-0.2, 0) is 9.53 Å². The SMILES string of the molecule is CC1CN(/C=C(/C#N)C(=O)Nc2ccc([N+](=O)[O-])cc2)CC(C)O1. The van der Waals surface area contributed by atoms with Gasteiger partial charge in [0.1, 0.15) is 11.6 Å². The van der Waals surface area contributed by atoms with Crippen LogP contribution in [-0.4, -0.2) is 41.0 Å². The maximum atomic E-state index is 12.2. The number of hydrogen-bond acceptors (Lipinski definition) is 6. The van der Waals surface area contributed by atoms with Crippen molar-refractivity contribution in [1.29, 1.82) is 5.26 Å². The molecule has 2 rings (SSSR count). The van der Waals surface area contributed by atoms with Gasteiger partial charge in [-0.2, -0.15) is 5.26 Å². The Morgan fingerprint density at radius 1 is 1.38 bits per heavy atom. The molecule has 1 heterocycles. The van der Waals surface area contributed by atoms with E-state index in [1.54, 1.807) is 0 Å². The first-order valence-corrected chi connectivity index (χ1v) is 7.46. The number of nitrogens with one attached hydrogen (secondary N) is 1. The van der Waals surface area contributed by atoms with Gasteiger partial charge in [0.15, 0.2) is 0 Å². The van der Waals surface area contributed by atoms with Crippen LogP contribution in [0.1, 0.15) is 13.8 Å². The lowest BCUT2D eigenvalue weighted by atomic mass is 10.2. The van der Waals surface area contributed by atoms with Crippen molar-refractivity contribution in [3.8, 4) is 6.07 Å². The summed E-state index contributed by atoms with van der Waals surface area (Å²) in [5, 5.41) is 22.4. The first-order valence-electron chi connectivity index (χ1n) is 7.46. The van der Waals surface area contributed by atoms with Gasteiger partial charge in [-0.05, 0) is 26.0 Å². The smallest absolute Gasteiger partial charge is 0.269 e. The quantitative estimate of drug-likeness (QED) is 0.392. The molecule has 2 unspecified atom stereocenters. The van der Waals surface area contributed by atoms with Crippen LogP contribution in [0.3, 0.4) is 0 Å². The van der Waals surface area contributed by atoms with Crippen LogP contribution < -0.4 is 5.32 Å². The number of anilines is 1. The standard InChI is InChI=1S/C16H18N4O4/c1-11-8-19(9-12(2)24-11)10-13(7-17)16(21)18-14-3-5-15(6-4-14)20(22)23/h3-6,10-12H,8-9H2,1-2H3,(H,18,21)/b13-10-. The van der Waals surface area contributed by atoms with Crippen LogP contribution >= 0.6 is 0 Å². The molecule has 1 amide bonds. The number of ether oxygens (including phenoxy) is 1. The number of nitriles is 1. The summed E-state index contributed by atoms with van der Waals surface area (Å²) in [5.41, 5.74) is 0.283. The zero-order chi connectivity index (χ0) is 17.7. The molecule has 1 aliphatic heterocycles. The largest absolute Gasteiger partial charge is 0.372 e. The fourth-order valence-electron chi connectivity index (χ4n) is 2.51. The van der Waals surface area contributed by atoms with Gasteiger partial charge >= 0.3 is 0 Å². The Kier molecular flexibility index (Phi) is 5.50. The molecule has 0 spiro atoms. The van der Waals surface area contributed by atoms with E-state index in [1.165, 1.54) is 30.5 Å². The summed E-state index contributed by atoms with van der Waals surface area (Å²) in [6.45, 7) is 5.06. The molecule has 1 saturated heterocycles. The van der Waals surface area contributed by atoms with E-state index in [0.717, 1.165) is 0 Å². The minimum absolute atomic E-state index is 0.0164. The summed E-state index contributed by atoms with van der Waals surface area (Å²) in [5.74, 6) is -0.557. The second kappa shape index (κ2) is 7.57. The van der Waals surface area contributed by atoms with Crippen LogP contribution in [0, 0.1) is 21.4 Å². The molecule has 0 aliphatic carbocycles. The molecule has 1 aromatic carbocycles. The zero-order valence-electron chi connectivity index (χ0n) is 13.4. The van der Waals surface area contributed by atoms with Crippen LogP contribution in [0.5, 0.6) is 0 Å². The minimum atomic E-state index is -0.557. The highest BCUT2D eigenvalue weighted by Gasteiger charge is 2.21. The van der Waals surface area contributed by atoms with Gasteiger partial charge in [-0.3, -0.25) is 14.9 Å². The topological polar surface area (TPSA) is 109 Å². The summed E-state index contributed by atoms with van der Waals surface area (Å²) in [6.07, 6.45) is 1.56. The number of benzene rings is 1. The maximum absolute atomic E-state index is 12.2. The summed E-state index contributed by atoms with van der Waals surface area (Å²) < 4.78 is 5.61. The Bertz CT molecular complexity index is 683. The third-order valence-corrected chi connectivity index (χ3v) is 3.46. The molecule has 2 atom stereocenters. The highest BCUT2D eigenvalue weighted by atomic mass is 16.6. The third kappa shape index (κ3) is 4.54. The molecule has 0 aromatic heterocycles. The van der Waals surface area contributed by atoms with E-state index in [1.807, 2.05) is 24.8 Å². The first kappa shape index (κ1) is 17.4. The molecular weight excluding hydrogens is 312 g/mol. The number of non-ortho nitro benzene ring substituents is 1. The molecule has 0 bridgehead atoms. The van der Waals surface area contributed by atoms with E-state index in [4.69, 9.17) is 4.74 Å². The molecular formula is C16H18N4O4. The third-order valence-electron chi connectivity index (χ3n) is 3.46. The van der Waals surface area contributed by atoms with Crippen molar-refractivity contribution in [2.75, 3.05) is 18.4 Å². The summed E-state index contributed by atoms with van der Waals surface area (Å²) in [4.78, 5) is 24.2. The molecule has 8 nitrogen and oxygen atoms in total. The summed E-state index contributed by atoms with van der Waals surface area (Å²) >= 11 is 0. The van der Waals surface area contributed by atoms with Gasteiger partial charge in [-0.1, -0.05) is 0 Å². The maximum Gasteiger partial charge on any atom is 0.269 e. The van der Waals surface area contributed by atoms with Crippen molar-refractivity contribution in [2.24, 2.45) is 0 Å². The van der Waals surface area contributed by atoms with E-state index < -0.39 is 10.8 Å². The lowest BCUT2D eigenvalue weighted by molar-refractivity contribution is -0.384. The number of morpholine rings is 1. The predicted octanol–water partition coefficient (Wildman–Crippen LogP) is 2.05. The minimum Gasteiger partial charge on any atom is -0.372 e. The Balaban J connectivity index is 2.07. The van der Waals surface area contributed by atoms with E-state index in [2.05, 4.69) is 5.32 Å². The Labute approximate surface area is 139 Å². The van der Waals surface area contributed by atoms with Crippen molar-refractivity contribution in [3.05, 3.63) is 46.2 Å². The molecule has 126 valence electrons. The highest BCUT2D eigenvalue weighted by Crippen LogP contribution is 2.17. The molecule has 8 heteroatoms. The average molecular weight is 330 g/mol. The van der Waals surface area contributed by atoms with Gasteiger partial charge < -0.3 is 15.0 Å². The number of nitro groups is 1. The lowest BCUT2D eigenvalue weighted by Gasteiger charge is -2.34. The molecule has 0 saturated carbocycles. The molecule has 24 heavy (non-hydrogen) atoms. The van der Waals surface area contributed by atoms with E-state index in [-0.39, 0.29) is 23.5 Å². The number of nitrogens with zero attached hydrogens (tertiary/aromatic N) is 3. The van der Waals surface area contributed by atoms with Gasteiger partial charge in [0.25, 0.3) is 11.6 Å². The summed E-state index contributed by atoms with van der Waals surface area (Å²) in [7, 11) is 0. The van der Waals surface area contributed by atoms with Gasteiger partial charge in [0.2, 0.25) is 0 Å². The number of nitro benzene ring substituents is 1. The van der Waals surface area contributed by atoms with Crippen LogP contribution in [0.4, 0.5) is 11.4 Å². The Morgan fingerprint density at radius 3 is 2.46 bits per heavy atom. The first-order chi connectivity index (χ1) is 11.4. The van der Waals surface area contributed by atoms with Gasteiger partial charge in [0.05, 0.1) is 17.1 Å². The number of amides is 1. The van der Waals surface area contributed by atoms with Crippen LogP contribution in [0.2, 0.25) is 0 Å². The average Bonchev–Trinajstić information content (AvgIpc) is 2.52. The van der Waals surface area contributed by atoms with Gasteiger partial charge in [-0.25, -0.2) is 0 Å². The predicted molar refractivity (Wildman–Crippen MR) is 87.0 cm³/mol. The highest BCUT2D eigenvalue weighted by molar-refractivity contribution is 6.06. The molecule has 0 radical (unpaired) electrons. The Morgan fingerprint density at radius 2 is 1.96 bits per heavy atom. The lowest BCUT2D eigenvalue weighted by Crippen LogP contribution is -2.43. The number of carbonyl (C=O) groups is 1. The molecule has 1 aliphatic rings. The number of carbonyl (C=O) groups excluding carboxylic acids is 1. The van der Waals surface area contributed by atoms with Crippen LogP contribution in [0.15, 0.2) is 36.0 Å². The van der Waals surface area contributed by atoms with Crippen molar-refractivity contribution < 1.29 is 14.5 Å².